The van der Waals surface area contributed by atoms with Gasteiger partial charge in [-0.25, -0.2) is 4.98 Å². The van der Waals surface area contributed by atoms with Gasteiger partial charge in [0.1, 0.15) is 0 Å². The summed E-state index contributed by atoms with van der Waals surface area (Å²) >= 11 is 0. The van der Waals surface area contributed by atoms with Crippen LogP contribution in [0.2, 0.25) is 0 Å². The minimum absolute atomic E-state index is 0.258. The number of aromatic nitrogens is 2. The highest BCUT2D eigenvalue weighted by Crippen LogP contribution is 2.23. The van der Waals surface area contributed by atoms with Gasteiger partial charge in [0.15, 0.2) is 0 Å². The van der Waals surface area contributed by atoms with Crippen LogP contribution in [0.3, 0.4) is 0 Å². The lowest BCUT2D eigenvalue weighted by Gasteiger charge is -2.35. The molecule has 2 aromatic rings. The minimum atomic E-state index is 0.258. The Labute approximate surface area is 107 Å². The molecule has 0 N–H and O–H groups in total. The maximum absolute atomic E-state index is 5.77. The van der Waals surface area contributed by atoms with Gasteiger partial charge in [0, 0.05) is 20.1 Å². The number of hydrogen-bond donors (Lipinski definition) is 0. The molecule has 4 nitrogen and oxygen atoms in total. The van der Waals surface area contributed by atoms with Crippen LogP contribution in [0.5, 0.6) is 0 Å². The fourth-order valence-corrected chi connectivity index (χ4v) is 2.76. The largest absolute Gasteiger partial charge is 0.372 e. The van der Waals surface area contributed by atoms with Crippen LogP contribution in [0.15, 0.2) is 24.3 Å². The third-order valence-electron chi connectivity index (χ3n) is 3.47. The molecule has 18 heavy (non-hydrogen) atoms. The first-order valence-electron chi connectivity index (χ1n) is 6.47. The van der Waals surface area contributed by atoms with Crippen LogP contribution < -0.4 is 4.90 Å². The SMILES string of the molecule is CC1CN(c2nc3ccccc3n2C)CC(C)O1. The number of fused-ring (bicyclic) bond motifs is 1. The number of morpholine rings is 1. The molecule has 2 unspecified atom stereocenters. The van der Waals surface area contributed by atoms with Crippen molar-refractivity contribution in [2.45, 2.75) is 26.1 Å². The first kappa shape index (κ1) is 11.5. The molecule has 0 aliphatic carbocycles. The topological polar surface area (TPSA) is 30.3 Å². The normalized spacial score (nSPS) is 24.7. The van der Waals surface area contributed by atoms with Gasteiger partial charge in [-0.1, -0.05) is 12.1 Å². The van der Waals surface area contributed by atoms with E-state index in [0.29, 0.717) is 0 Å². The molecule has 1 fully saturated rings. The lowest BCUT2D eigenvalue weighted by atomic mass is 10.2. The van der Waals surface area contributed by atoms with Crippen LogP contribution in [0.25, 0.3) is 11.0 Å². The summed E-state index contributed by atoms with van der Waals surface area (Å²) in [5.74, 6) is 1.04. The fourth-order valence-electron chi connectivity index (χ4n) is 2.76. The Kier molecular flexibility index (Phi) is 2.74. The minimum Gasteiger partial charge on any atom is -0.372 e. The van der Waals surface area contributed by atoms with Crippen molar-refractivity contribution in [3.63, 3.8) is 0 Å². The van der Waals surface area contributed by atoms with Crippen molar-refractivity contribution in [1.82, 2.24) is 9.55 Å². The number of anilines is 1. The number of ether oxygens (including phenoxy) is 1. The number of para-hydroxylation sites is 2. The molecule has 1 aromatic heterocycles. The maximum Gasteiger partial charge on any atom is 0.206 e. The highest BCUT2D eigenvalue weighted by atomic mass is 16.5. The van der Waals surface area contributed by atoms with E-state index in [-0.39, 0.29) is 12.2 Å². The molecule has 2 atom stereocenters. The van der Waals surface area contributed by atoms with E-state index in [4.69, 9.17) is 9.72 Å². The standard InChI is InChI=1S/C14H19N3O/c1-10-8-17(9-11(2)18-10)14-15-12-6-4-5-7-13(12)16(14)3/h4-7,10-11H,8-9H2,1-3H3. The fraction of sp³-hybridized carbons (Fsp3) is 0.500. The Morgan fingerprint density at radius 3 is 2.50 bits per heavy atom. The third kappa shape index (κ3) is 1.86. The quantitative estimate of drug-likeness (QED) is 0.771. The summed E-state index contributed by atoms with van der Waals surface area (Å²) in [6.07, 6.45) is 0.516. The monoisotopic (exact) mass is 245 g/mol. The zero-order valence-electron chi connectivity index (χ0n) is 11.1. The molecule has 1 aliphatic rings. The van der Waals surface area contributed by atoms with E-state index < -0.39 is 0 Å². The lowest BCUT2D eigenvalue weighted by molar-refractivity contribution is -0.00582. The van der Waals surface area contributed by atoms with Gasteiger partial charge < -0.3 is 14.2 Å². The maximum atomic E-state index is 5.77. The van der Waals surface area contributed by atoms with Gasteiger partial charge in [-0.3, -0.25) is 0 Å². The van der Waals surface area contributed by atoms with Crippen LogP contribution in [-0.4, -0.2) is 34.8 Å². The predicted molar refractivity (Wildman–Crippen MR) is 72.9 cm³/mol. The Balaban J connectivity index is 2.01. The summed E-state index contributed by atoms with van der Waals surface area (Å²) in [4.78, 5) is 7.06. The van der Waals surface area contributed by atoms with Gasteiger partial charge in [-0.05, 0) is 26.0 Å². The molecule has 0 saturated carbocycles. The molecule has 0 radical (unpaired) electrons. The number of imidazole rings is 1. The van der Waals surface area contributed by atoms with Crippen LogP contribution >= 0.6 is 0 Å². The molecule has 4 heteroatoms. The van der Waals surface area contributed by atoms with Crippen molar-refractivity contribution in [2.24, 2.45) is 7.05 Å². The third-order valence-corrected chi connectivity index (χ3v) is 3.47. The summed E-state index contributed by atoms with van der Waals surface area (Å²) in [6.45, 7) is 6.04. The van der Waals surface area contributed by atoms with Gasteiger partial charge in [-0.2, -0.15) is 0 Å². The van der Waals surface area contributed by atoms with Crippen LogP contribution in [0, 0.1) is 0 Å². The van der Waals surface area contributed by atoms with Crippen molar-refractivity contribution in [3.8, 4) is 0 Å². The number of rotatable bonds is 1. The Morgan fingerprint density at radius 1 is 1.17 bits per heavy atom. The molecular formula is C14H19N3O. The number of aryl methyl sites for hydroxylation is 1. The van der Waals surface area contributed by atoms with E-state index in [1.165, 1.54) is 5.52 Å². The summed E-state index contributed by atoms with van der Waals surface area (Å²) in [6, 6.07) is 8.26. The second kappa shape index (κ2) is 4.28. The Bertz CT molecular complexity index is 553. The molecule has 0 bridgehead atoms. The average molecular weight is 245 g/mol. The van der Waals surface area contributed by atoms with E-state index in [2.05, 4.69) is 48.6 Å². The first-order valence-corrected chi connectivity index (χ1v) is 6.47. The second-order valence-electron chi connectivity index (χ2n) is 5.12. The van der Waals surface area contributed by atoms with Crippen molar-refractivity contribution < 1.29 is 4.74 Å². The molecule has 1 aliphatic heterocycles. The van der Waals surface area contributed by atoms with Crippen molar-refractivity contribution in [2.75, 3.05) is 18.0 Å². The number of hydrogen-bond acceptors (Lipinski definition) is 3. The zero-order valence-corrected chi connectivity index (χ0v) is 11.1. The summed E-state index contributed by atoms with van der Waals surface area (Å²) in [5, 5.41) is 0. The van der Waals surface area contributed by atoms with E-state index in [0.717, 1.165) is 24.6 Å². The summed E-state index contributed by atoms with van der Waals surface area (Å²) < 4.78 is 7.94. The summed E-state index contributed by atoms with van der Waals surface area (Å²) in [5.41, 5.74) is 2.24. The van der Waals surface area contributed by atoms with E-state index in [1.807, 2.05) is 6.07 Å². The highest BCUT2D eigenvalue weighted by molar-refractivity contribution is 5.78. The number of nitrogens with zero attached hydrogens (tertiary/aromatic N) is 3. The first-order chi connectivity index (χ1) is 8.65. The van der Waals surface area contributed by atoms with Crippen LogP contribution in [0.1, 0.15) is 13.8 Å². The van der Waals surface area contributed by atoms with Crippen molar-refractivity contribution >= 4 is 17.0 Å². The zero-order chi connectivity index (χ0) is 12.7. The highest BCUT2D eigenvalue weighted by Gasteiger charge is 2.25. The second-order valence-corrected chi connectivity index (χ2v) is 5.12. The predicted octanol–water partition coefficient (Wildman–Crippen LogP) is 2.19. The molecule has 3 rings (SSSR count). The molecule has 1 saturated heterocycles. The van der Waals surface area contributed by atoms with E-state index in [1.54, 1.807) is 0 Å². The smallest absolute Gasteiger partial charge is 0.206 e. The van der Waals surface area contributed by atoms with Gasteiger partial charge in [0.25, 0.3) is 0 Å². The summed E-state index contributed by atoms with van der Waals surface area (Å²) in [7, 11) is 2.08. The van der Waals surface area contributed by atoms with Gasteiger partial charge in [0.2, 0.25) is 5.95 Å². The van der Waals surface area contributed by atoms with Crippen LogP contribution in [-0.2, 0) is 11.8 Å². The molecular weight excluding hydrogens is 226 g/mol. The van der Waals surface area contributed by atoms with Crippen LogP contribution in [0.4, 0.5) is 5.95 Å². The average Bonchev–Trinajstić information content (AvgIpc) is 2.66. The molecule has 0 spiro atoms. The molecule has 0 amide bonds. The lowest BCUT2D eigenvalue weighted by Crippen LogP contribution is -2.46. The van der Waals surface area contributed by atoms with Gasteiger partial charge in [-0.15, -0.1) is 0 Å². The van der Waals surface area contributed by atoms with Gasteiger partial charge >= 0.3 is 0 Å². The Morgan fingerprint density at radius 2 is 1.83 bits per heavy atom. The number of benzene rings is 1. The van der Waals surface area contributed by atoms with Crippen molar-refractivity contribution in [1.29, 1.82) is 0 Å². The molecule has 96 valence electrons. The molecule has 1 aromatic carbocycles. The molecule has 2 heterocycles. The van der Waals surface area contributed by atoms with Gasteiger partial charge in [0.05, 0.1) is 23.2 Å². The van der Waals surface area contributed by atoms with E-state index in [9.17, 15) is 0 Å². The van der Waals surface area contributed by atoms with E-state index >= 15 is 0 Å². The van der Waals surface area contributed by atoms with Crippen molar-refractivity contribution in [3.05, 3.63) is 24.3 Å². The Hall–Kier alpha value is -1.55.